The summed E-state index contributed by atoms with van der Waals surface area (Å²) in [6.07, 6.45) is 1.32. The number of H-pyrrole nitrogens is 1. The molecule has 1 aliphatic rings. The van der Waals surface area contributed by atoms with Crippen LogP contribution in [0.4, 0.5) is 0 Å². The van der Waals surface area contributed by atoms with Gasteiger partial charge in [-0.3, -0.25) is 9.89 Å². The average molecular weight is 324 g/mol. The number of thioether (sulfide) groups is 1. The first-order valence-corrected chi connectivity index (χ1v) is 7.73. The minimum Gasteiger partial charge on any atom is -0.455 e. The Hall–Kier alpha value is -1.84. The molecule has 0 radical (unpaired) electrons. The summed E-state index contributed by atoms with van der Waals surface area (Å²) in [5.74, 6) is 1.26. The van der Waals surface area contributed by atoms with E-state index in [0.717, 1.165) is 0 Å². The summed E-state index contributed by atoms with van der Waals surface area (Å²) in [5, 5.41) is 10.1. The van der Waals surface area contributed by atoms with Crippen molar-refractivity contribution in [3.05, 3.63) is 30.0 Å². The van der Waals surface area contributed by atoms with Crippen LogP contribution in [0, 0.1) is 0 Å². The lowest BCUT2D eigenvalue weighted by molar-refractivity contribution is 0.0676. The number of amides is 1. The number of hydrogen-bond donors (Lipinski definition) is 2. The summed E-state index contributed by atoms with van der Waals surface area (Å²) in [5.41, 5.74) is 0. The van der Waals surface area contributed by atoms with Crippen LogP contribution in [0.25, 0.3) is 0 Å². The van der Waals surface area contributed by atoms with Gasteiger partial charge < -0.3 is 19.2 Å². The van der Waals surface area contributed by atoms with Crippen molar-refractivity contribution in [2.75, 3.05) is 20.3 Å². The minimum absolute atomic E-state index is 0.125. The fourth-order valence-corrected chi connectivity index (χ4v) is 2.79. The van der Waals surface area contributed by atoms with Crippen LogP contribution in [-0.4, -0.2) is 53.6 Å². The first-order valence-electron chi connectivity index (χ1n) is 6.74. The third kappa shape index (κ3) is 3.49. The lowest BCUT2D eigenvalue weighted by Crippen LogP contribution is -2.43. The Morgan fingerprint density at radius 3 is 3.23 bits per heavy atom. The van der Waals surface area contributed by atoms with E-state index in [1.165, 1.54) is 18.1 Å². The number of carbonyl (C=O) groups is 1. The van der Waals surface area contributed by atoms with Gasteiger partial charge in [-0.1, -0.05) is 11.8 Å². The zero-order chi connectivity index (χ0) is 15.4. The molecule has 1 aliphatic heterocycles. The molecule has 2 aromatic heterocycles. The van der Waals surface area contributed by atoms with E-state index in [9.17, 15) is 4.79 Å². The standard InChI is InChI=1S/C13H16N4O4S/c1-19-11-5-20-4-9(11)16-12(18)10-3-2-8(21-10)6-22-13-14-7-15-17-13/h2-3,7,9,11H,4-6H2,1H3,(H,16,18)(H,14,15,17)/t9-,11-/m0/s1. The Morgan fingerprint density at radius 2 is 2.45 bits per heavy atom. The number of ether oxygens (including phenoxy) is 2. The SMILES string of the molecule is CO[C@H]1COC[C@@H]1NC(=O)c1ccc(CSc2ncn[nH]2)o1. The van der Waals surface area contributed by atoms with Crippen molar-refractivity contribution >= 4 is 17.7 Å². The molecule has 2 aromatic rings. The number of rotatable bonds is 6. The van der Waals surface area contributed by atoms with Crippen LogP contribution in [0.1, 0.15) is 16.3 Å². The van der Waals surface area contributed by atoms with Crippen LogP contribution in [-0.2, 0) is 15.2 Å². The molecule has 118 valence electrons. The number of nitrogens with one attached hydrogen (secondary N) is 2. The van der Waals surface area contributed by atoms with E-state index in [1.807, 2.05) is 0 Å². The van der Waals surface area contributed by atoms with Gasteiger partial charge in [-0.25, -0.2) is 4.98 Å². The Morgan fingerprint density at radius 1 is 1.55 bits per heavy atom. The fourth-order valence-electron chi connectivity index (χ4n) is 2.12. The van der Waals surface area contributed by atoms with Gasteiger partial charge in [0.25, 0.3) is 5.91 Å². The lowest BCUT2D eigenvalue weighted by atomic mass is 10.2. The summed E-state index contributed by atoms with van der Waals surface area (Å²) >= 11 is 1.45. The minimum atomic E-state index is -0.270. The topological polar surface area (TPSA) is 102 Å². The van der Waals surface area contributed by atoms with Gasteiger partial charge in [0.2, 0.25) is 0 Å². The molecule has 0 spiro atoms. The molecular formula is C13H16N4O4S. The maximum Gasteiger partial charge on any atom is 0.287 e. The van der Waals surface area contributed by atoms with E-state index in [4.69, 9.17) is 13.9 Å². The number of carbonyl (C=O) groups excluding carboxylic acids is 1. The van der Waals surface area contributed by atoms with Crippen LogP contribution < -0.4 is 5.32 Å². The van der Waals surface area contributed by atoms with E-state index in [0.29, 0.717) is 29.9 Å². The third-order valence-electron chi connectivity index (χ3n) is 3.28. The number of aromatic amines is 1. The molecule has 22 heavy (non-hydrogen) atoms. The normalized spacial score (nSPS) is 21.1. The second kappa shape index (κ2) is 6.95. The van der Waals surface area contributed by atoms with Gasteiger partial charge in [0.15, 0.2) is 10.9 Å². The molecule has 1 fully saturated rings. The monoisotopic (exact) mass is 324 g/mol. The summed E-state index contributed by atoms with van der Waals surface area (Å²) in [4.78, 5) is 16.2. The van der Waals surface area contributed by atoms with Gasteiger partial charge in [-0.2, -0.15) is 5.10 Å². The number of hydrogen-bond acceptors (Lipinski definition) is 7. The smallest absolute Gasteiger partial charge is 0.287 e. The highest BCUT2D eigenvalue weighted by Crippen LogP contribution is 2.20. The van der Waals surface area contributed by atoms with Gasteiger partial charge in [-0.15, -0.1) is 0 Å². The van der Waals surface area contributed by atoms with Crippen LogP contribution >= 0.6 is 11.8 Å². The number of aromatic nitrogens is 3. The zero-order valence-corrected chi connectivity index (χ0v) is 12.8. The van der Waals surface area contributed by atoms with Gasteiger partial charge >= 0.3 is 0 Å². The van der Waals surface area contributed by atoms with Crippen molar-refractivity contribution in [1.29, 1.82) is 0 Å². The molecule has 1 saturated heterocycles. The van der Waals surface area contributed by atoms with Crippen molar-refractivity contribution in [3.63, 3.8) is 0 Å². The van der Waals surface area contributed by atoms with E-state index in [1.54, 1.807) is 19.2 Å². The maximum atomic E-state index is 12.2. The summed E-state index contributed by atoms with van der Waals surface area (Å²) in [6, 6.07) is 3.27. The largest absolute Gasteiger partial charge is 0.455 e. The Labute approximate surface area is 131 Å². The van der Waals surface area contributed by atoms with Crippen LogP contribution in [0.15, 0.2) is 28.0 Å². The highest BCUT2D eigenvalue weighted by atomic mass is 32.2. The zero-order valence-electron chi connectivity index (χ0n) is 11.9. The lowest BCUT2D eigenvalue weighted by Gasteiger charge is -2.16. The molecule has 0 unspecified atom stereocenters. The molecule has 0 saturated carbocycles. The molecule has 3 rings (SSSR count). The van der Waals surface area contributed by atoms with Crippen LogP contribution in [0.2, 0.25) is 0 Å². The van der Waals surface area contributed by atoms with Crippen molar-refractivity contribution in [2.45, 2.75) is 23.1 Å². The predicted octanol–water partition coefficient (Wildman–Crippen LogP) is 0.834. The Kier molecular flexibility index (Phi) is 4.76. The highest BCUT2D eigenvalue weighted by molar-refractivity contribution is 7.98. The van der Waals surface area contributed by atoms with Gasteiger partial charge in [0, 0.05) is 7.11 Å². The maximum absolute atomic E-state index is 12.2. The van der Waals surface area contributed by atoms with Crippen molar-refractivity contribution < 1.29 is 18.7 Å². The van der Waals surface area contributed by atoms with Gasteiger partial charge in [0.1, 0.15) is 18.2 Å². The molecule has 0 aromatic carbocycles. The van der Waals surface area contributed by atoms with Gasteiger partial charge in [-0.05, 0) is 12.1 Å². The first-order chi connectivity index (χ1) is 10.8. The predicted molar refractivity (Wildman–Crippen MR) is 77.5 cm³/mol. The number of nitrogens with zero attached hydrogens (tertiary/aromatic N) is 2. The molecule has 8 nitrogen and oxygen atoms in total. The molecule has 0 bridgehead atoms. The van der Waals surface area contributed by atoms with E-state index < -0.39 is 0 Å². The van der Waals surface area contributed by atoms with Crippen molar-refractivity contribution in [3.8, 4) is 0 Å². The Balaban J connectivity index is 1.55. The second-order valence-electron chi connectivity index (χ2n) is 4.74. The molecule has 0 aliphatic carbocycles. The molecule has 3 heterocycles. The molecule has 9 heteroatoms. The molecular weight excluding hydrogens is 308 g/mol. The van der Waals surface area contributed by atoms with Crippen LogP contribution in [0.5, 0.6) is 0 Å². The fraction of sp³-hybridized carbons (Fsp3) is 0.462. The van der Waals surface area contributed by atoms with Crippen LogP contribution in [0.3, 0.4) is 0 Å². The summed E-state index contributed by atoms with van der Waals surface area (Å²) in [6.45, 7) is 0.928. The highest BCUT2D eigenvalue weighted by Gasteiger charge is 2.30. The molecule has 2 atom stereocenters. The van der Waals surface area contributed by atoms with Crippen molar-refractivity contribution in [2.24, 2.45) is 0 Å². The average Bonchev–Trinajstić information content (AvgIpc) is 3.26. The number of furan rings is 1. The molecule has 1 amide bonds. The summed E-state index contributed by atoms with van der Waals surface area (Å²) in [7, 11) is 1.60. The van der Waals surface area contributed by atoms with E-state index in [-0.39, 0.29) is 23.8 Å². The third-order valence-corrected chi connectivity index (χ3v) is 4.18. The van der Waals surface area contributed by atoms with E-state index >= 15 is 0 Å². The second-order valence-corrected chi connectivity index (χ2v) is 5.70. The number of methoxy groups -OCH3 is 1. The first kappa shape index (κ1) is 15.1. The summed E-state index contributed by atoms with van der Waals surface area (Å²) < 4.78 is 16.1. The Bertz CT molecular complexity index is 615. The van der Waals surface area contributed by atoms with Gasteiger partial charge in [0.05, 0.1) is 25.0 Å². The molecule has 2 N–H and O–H groups in total. The van der Waals surface area contributed by atoms with E-state index in [2.05, 4.69) is 20.5 Å². The van der Waals surface area contributed by atoms with Crippen molar-refractivity contribution in [1.82, 2.24) is 20.5 Å². The quantitative estimate of drug-likeness (QED) is 0.759.